The minimum absolute atomic E-state index is 0.0245. The van der Waals surface area contributed by atoms with Crippen molar-refractivity contribution < 1.29 is 28.7 Å². The van der Waals surface area contributed by atoms with Gasteiger partial charge in [0.1, 0.15) is 17.2 Å². The van der Waals surface area contributed by atoms with Gasteiger partial charge in [0, 0.05) is 23.8 Å². The lowest BCUT2D eigenvalue weighted by molar-refractivity contribution is -0.393. The summed E-state index contributed by atoms with van der Waals surface area (Å²) in [5.41, 5.74) is 1.84. The number of hydrogen-bond donors (Lipinski definition) is 1. The van der Waals surface area contributed by atoms with Gasteiger partial charge in [0.2, 0.25) is 0 Å². The number of nitrogens with zero attached hydrogens (tertiary/aromatic N) is 4. The van der Waals surface area contributed by atoms with Gasteiger partial charge in [-0.2, -0.15) is 5.10 Å². The second-order valence-corrected chi connectivity index (χ2v) is 7.31. The fourth-order valence-corrected chi connectivity index (χ4v) is 3.08. The molecule has 1 aromatic heterocycles. The maximum absolute atomic E-state index is 12.6. The molecule has 3 aromatic rings. The molecule has 0 saturated heterocycles. The number of nitrogens with one attached hydrogen (secondary N) is 1. The summed E-state index contributed by atoms with van der Waals surface area (Å²) in [6.07, 6.45) is 1.36. The molecule has 0 aliphatic carbocycles. The van der Waals surface area contributed by atoms with Gasteiger partial charge in [0.15, 0.2) is 0 Å². The molecule has 0 fully saturated rings. The van der Waals surface area contributed by atoms with Gasteiger partial charge >= 0.3 is 11.7 Å². The highest BCUT2D eigenvalue weighted by molar-refractivity contribution is 6.22. The van der Waals surface area contributed by atoms with Crippen LogP contribution >= 0.6 is 0 Å². The van der Waals surface area contributed by atoms with Crippen molar-refractivity contribution in [3.8, 4) is 11.3 Å². The van der Waals surface area contributed by atoms with Gasteiger partial charge in [-0.25, -0.2) is 4.79 Å². The van der Waals surface area contributed by atoms with Crippen molar-refractivity contribution in [2.24, 2.45) is 5.10 Å². The van der Waals surface area contributed by atoms with E-state index in [1.165, 1.54) is 37.3 Å². The van der Waals surface area contributed by atoms with Gasteiger partial charge < -0.3 is 9.15 Å². The highest BCUT2D eigenvalue weighted by atomic mass is 16.6. The SMILES string of the molecule is CCOC(=O)C(=Cc1ccc(-c2ccc([N+](=O)[O-])cc2)o1)C(C)=NNc1ccc([N+](=O)[O-])cc1[N+](=O)[O-]. The van der Waals surface area contributed by atoms with E-state index in [-0.39, 0.29) is 35.0 Å². The van der Waals surface area contributed by atoms with Gasteiger partial charge in [-0.05, 0) is 50.3 Å². The Morgan fingerprint density at radius 1 is 0.973 bits per heavy atom. The molecule has 190 valence electrons. The first-order valence-electron chi connectivity index (χ1n) is 10.6. The smallest absolute Gasteiger partial charge is 0.340 e. The molecule has 0 amide bonds. The summed E-state index contributed by atoms with van der Waals surface area (Å²) in [5, 5.41) is 37.1. The van der Waals surface area contributed by atoms with Crippen LogP contribution in [-0.2, 0) is 9.53 Å². The van der Waals surface area contributed by atoms with Crippen LogP contribution in [0.3, 0.4) is 0 Å². The van der Waals surface area contributed by atoms with E-state index in [2.05, 4.69) is 10.5 Å². The molecule has 2 aromatic carbocycles. The monoisotopic (exact) mass is 509 g/mol. The number of nitro benzene ring substituents is 3. The largest absolute Gasteiger partial charge is 0.462 e. The zero-order valence-electron chi connectivity index (χ0n) is 19.4. The van der Waals surface area contributed by atoms with E-state index >= 15 is 0 Å². The first kappa shape index (κ1) is 26.2. The molecule has 1 N–H and O–H groups in total. The first-order chi connectivity index (χ1) is 17.6. The molecule has 1 heterocycles. The molecule has 0 saturated carbocycles. The lowest BCUT2D eigenvalue weighted by atomic mass is 10.1. The normalized spacial score (nSPS) is 11.6. The molecule has 0 bridgehead atoms. The zero-order chi connectivity index (χ0) is 27.1. The highest BCUT2D eigenvalue weighted by Gasteiger charge is 2.20. The molecule has 0 atom stereocenters. The topological polar surface area (TPSA) is 193 Å². The van der Waals surface area contributed by atoms with Crippen molar-refractivity contribution in [3.05, 3.63) is 96.3 Å². The first-order valence-corrected chi connectivity index (χ1v) is 10.6. The lowest BCUT2D eigenvalue weighted by Crippen LogP contribution is -2.15. The maximum Gasteiger partial charge on any atom is 0.340 e. The van der Waals surface area contributed by atoms with Crippen molar-refractivity contribution in [2.45, 2.75) is 13.8 Å². The van der Waals surface area contributed by atoms with Crippen LogP contribution in [0.2, 0.25) is 0 Å². The number of non-ortho nitro benzene ring substituents is 2. The average Bonchev–Trinajstić information content (AvgIpc) is 3.34. The van der Waals surface area contributed by atoms with Gasteiger partial charge in [-0.15, -0.1) is 0 Å². The number of ether oxygens (including phenoxy) is 1. The summed E-state index contributed by atoms with van der Waals surface area (Å²) in [5.74, 6) is -0.108. The van der Waals surface area contributed by atoms with E-state index in [1.807, 2.05) is 0 Å². The Morgan fingerprint density at radius 2 is 1.62 bits per heavy atom. The fourth-order valence-electron chi connectivity index (χ4n) is 3.08. The summed E-state index contributed by atoms with van der Waals surface area (Å²) in [7, 11) is 0. The maximum atomic E-state index is 12.6. The molecule has 0 spiro atoms. The third-order valence-corrected chi connectivity index (χ3v) is 4.89. The van der Waals surface area contributed by atoms with Crippen LogP contribution in [0, 0.1) is 30.3 Å². The van der Waals surface area contributed by atoms with Crippen LogP contribution in [0.4, 0.5) is 22.7 Å². The number of hydrazone groups is 1. The van der Waals surface area contributed by atoms with Gasteiger partial charge in [0.05, 0.1) is 38.7 Å². The third kappa shape index (κ3) is 6.39. The fraction of sp³-hybridized carbons (Fsp3) is 0.130. The zero-order valence-corrected chi connectivity index (χ0v) is 19.4. The number of nitro groups is 3. The molecule has 0 unspecified atom stereocenters. The molecule has 0 aliphatic rings. The summed E-state index contributed by atoms with van der Waals surface area (Å²) in [6.45, 7) is 3.13. The number of benzene rings is 2. The van der Waals surface area contributed by atoms with Crippen molar-refractivity contribution in [1.29, 1.82) is 0 Å². The van der Waals surface area contributed by atoms with Crippen molar-refractivity contribution in [1.82, 2.24) is 0 Å². The molecular formula is C23H19N5O9. The van der Waals surface area contributed by atoms with Crippen LogP contribution in [-0.4, -0.2) is 33.1 Å². The molecule has 0 radical (unpaired) electrons. The standard InChI is InChI=1S/C23H19N5O9/c1-3-36-23(29)19(13-18-9-11-22(37-18)15-4-6-16(7-5-15)26(30)31)14(2)24-25-20-10-8-17(27(32)33)12-21(20)28(34)35/h4-13,25H,3H2,1-2H3. The van der Waals surface area contributed by atoms with Crippen molar-refractivity contribution in [2.75, 3.05) is 12.0 Å². The third-order valence-electron chi connectivity index (χ3n) is 4.89. The van der Waals surface area contributed by atoms with Crippen LogP contribution in [0.15, 0.2) is 69.7 Å². The number of hydrogen-bond acceptors (Lipinski definition) is 11. The average molecular weight is 509 g/mol. The second-order valence-electron chi connectivity index (χ2n) is 7.31. The van der Waals surface area contributed by atoms with Crippen LogP contribution in [0.5, 0.6) is 0 Å². The van der Waals surface area contributed by atoms with E-state index < -0.39 is 32.1 Å². The molecule has 37 heavy (non-hydrogen) atoms. The predicted octanol–water partition coefficient (Wildman–Crippen LogP) is 5.11. The van der Waals surface area contributed by atoms with E-state index in [0.29, 0.717) is 11.3 Å². The summed E-state index contributed by atoms with van der Waals surface area (Å²) < 4.78 is 10.8. The van der Waals surface area contributed by atoms with E-state index in [1.54, 1.807) is 19.1 Å². The Balaban J connectivity index is 1.92. The van der Waals surface area contributed by atoms with Crippen molar-refractivity contribution in [3.63, 3.8) is 0 Å². The summed E-state index contributed by atoms with van der Waals surface area (Å²) >= 11 is 0. The summed E-state index contributed by atoms with van der Waals surface area (Å²) in [4.78, 5) is 43.6. The second kappa shape index (κ2) is 11.4. The highest BCUT2D eigenvalue weighted by Crippen LogP contribution is 2.29. The number of furan rings is 1. The van der Waals surface area contributed by atoms with E-state index in [9.17, 15) is 35.1 Å². The molecule has 14 nitrogen and oxygen atoms in total. The Bertz CT molecular complexity index is 1420. The summed E-state index contributed by atoms with van der Waals surface area (Å²) in [6, 6.07) is 11.9. The number of carbonyl (C=O) groups is 1. The van der Waals surface area contributed by atoms with Gasteiger partial charge in [-0.3, -0.25) is 35.8 Å². The number of carbonyl (C=O) groups excluding carboxylic acids is 1. The van der Waals surface area contributed by atoms with Crippen molar-refractivity contribution >= 4 is 40.5 Å². The van der Waals surface area contributed by atoms with Gasteiger partial charge in [-0.1, -0.05) is 0 Å². The van der Waals surface area contributed by atoms with Crippen LogP contribution in [0.25, 0.3) is 17.4 Å². The van der Waals surface area contributed by atoms with E-state index in [0.717, 1.165) is 18.2 Å². The Labute approximate surface area is 208 Å². The van der Waals surface area contributed by atoms with Gasteiger partial charge in [0.25, 0.3) is 11.4 Å². The minimum Gasteiger partial charge on any atom is -0.462 e. The Morgan fingerprint density at radius 3 is 2.22 bits per heavy atom. The Hall–Kier alpha value is -5.40. The molecule has 0 aliphatic heterocycles. The van der Waals surface area contributed by atoms with E-state index in [4.69, 9.17) is 9.15 Å². The lowest BCUT2D eigenvalue weighted by Gasteiger charge is -2.08. The molecule has 3 rings (SSSR count). The quantitative estimate of drug-likeness (QED) is 0.126. The molecule has 14 heteroatoms. The number of anilines is 1. The van der Waals surface area contributed by atoms with Crippen LogP contribution < -0.4 is 5.43 Å². The predicted molar refractivity (Wildman–Crippen MR) is 132 cm³/mol. The number of rotatable bonds is 10. The Kier molecular flexibility index (Phi) is 8.04. The number of esters is 1. The molecular weight excluding hydrogens is 490 g/mol. The minimum atomic E-state index is -0.801. The van der Waals surface area contributed by atoms with Crippen LogP contribution in [0.1, 0.15) is 19.6 Å².